The predicted octanol–water partition coefficient (Wildman–Crippen LogP) is 4.20. The molecular weight excluding hydrogens is 226 g/mol. The summed E-state index contributed by atoms with van der Waals surface area (Å²) >= 11 is 0. The Bertz CT molecular complexity index is 554. The smallest absolute Gasteiger partial charge is 0.230 e. The molecule has 3 nitrogen and oxygen atoms in total. The zero-order valence-electron chi connectivity index (χ0n) is 11.1. The van der Waals surface area contributed by atoms with Crippen molar-refractivity contribution in [2.45, 2.75) is 33.6 Å². The first-order valence-corrected chi connectivity index (χ1v) is 6.31. The van der Waals surface area contributed by atoms with Gasteiger partial charge in [-0.15, -0.1) is 0 Å². The summed E-state index contributed by atoms with van der Waals surface area (Å²) in [5, 5.41) is 3.97. The maximum absolute atomic E-state index is 12.2. The highest BCUT2D eigenvalue weighted by Crippen LogP contribution is 2.26. The summed E-state index contributed by atoms with van der Waals surface area (Å²) in [6.45, 7) is 6.04. The summed E-state index contributed by atoms with van der Waals surface area (Å²) in [4.78, 5) is 12.2. The minimum absolute atomic E-state index is 0.0622. The van der Waals surface area contributed by atoms with E-state index in [4.69, 9.17) is 4.42 Å². The van der Waals surface area contributed by atoms with Gasteiger partial charge in [0.05, 0.1) is 6.26 Å². The third-order valence-electron chi connectivity index (χ3n) is 3.20. The molecule has 96 valence electrons. The molecule has 0 unspecified atom stereocenters. The number of amides is 1. The minimum Gasteiger partial charge on any atom is -0.464 e. The van der Waals surface area contributed by atoms with Crippen LogP contribution in [0.2, 0.25) is 0 Å². The lowest BCUT2D eigenvalue weighted by Crippen LogP contribution is -2.30. The van der Waals surface area contributed by atoms with E-state index < -0.39 is 0 Å². The molecule has 0 atom stereocenters. The standard InChI is InChI=1S/C15H19NO2/c1-4-8-15(2,3)14(17)16-12-5-6-13-11(10-12)7-9-18-13/h5-7,9-10H,4,8H2,1-3H3,(H,16,17). The van der Waals surface area contributed by atoms with Crippen LogP contribution in [0.1, 0.15) is 33.6 Å². The topological polar surface area (TPSA) is 42.2 Å². The van der Waals surface area contributed by atoms with E-state index in [0.29, 0.717) is 0 Å². The van der Waals surface area contributed by atoms with Crippen molar-refractivity contribution in [3.63, 3.8) is 0 Å². The lowest BCUT2D eigenvalue weighted by molar-refractivity contribution is -0.124. The number of furan rings is 1. The summed E-state index contributed by atoms with van der Waals surface area (Å²) in [5.41, 5.74) is 1.32. The molecule has 0 bridgehead atoms. The number of carbonyl (C=O) groups excluding carboxylic acids is 1. The highest BCUT2D eigenvalue weighted by atomic mass is 16.3. The number of anilines is 1. The molecule has 0 spiro atoms. The quantitative estimate of drug-likeness (QED) is 0.877. The molecule has 0 aliphatic heterocycles. The van der Waals surface area contributed by atoms with Crippen molar-refractivity contribution in [2.75, 3.05) is 5.32 Å². The molecule has 1 heterocycles. The fraction of sp³-hybridized carbons (Fsp3) is 0.400. The monoisotopic (exact) mass is 245 g/mol. The summed E-state index contributed by atoms with van der Waals surface area (Å²) < 4.78 is 5.27. The van der Waals surface area contributed by atoms with Gasteiger partial charge in [-0.1, -0.05) is 27.2 Å². The summed E-state index contributed by atoms with van der Waals surface area (Å²) in [6, 6.07) is 7.56. The van der Waals surface area contributed by atoms with Crippen LogP contribution in [0.25, 0.3) is 11.0 Å². The SMILES string of the molecule is CCCC(C)(C)C(=O)Nc1ccc2occc2c1. The second kappa shape index (κ2) is 4.84. The van der Waals surface area contributed by atoms with E-state index in [1.54, 1.807) is 6.26 Å². The van der Waals surface area contributed by atoms with Gasteiger partial charge in [0, 0.05) is 16.5 Å². The third-order valence-corrected chi connectivity index (χ3v) is 3.20. The largest absolute Gasteiger partial charge is 0.464 e. The first kappa shape index (κ1) is 12.7. The molecule has 1 aromatic carbocycles. The molecule has 0 fully saturated rings. The zero-order valence-corrected chi connectivity index (χ0v) is 11.1. The zero-order chi connectivity index (χ0) is 13.2. The fourth-order valence-electron chi connectivity index (χ4n) is 2.08. The number of hydrogen-bond acceptors (Lipinski definition) is 2. The number of carbonyl (C=O) groups is 1. The van der Waals surface area contributed by atoms with E-state index in [-0.39, 0.29) is 11.3 Å². The van der Waals surface area contributed by atoms with Gasteiger partial charge in [-0.05, 0) is 30.7 Å². The van der Waals surface area contributed by atoms with Crippen LogP contribution >= 0.6 is 0 Å². The highest BCUT2D eigenvalue weighted by molar-refractivity contribution is 5.96. The van der Waals surface area contributed by atoms with Crippen LogP contribution in [-0.2, 0) is 4.79 Å². The lowest BCUT2D eigenvalue weighted by Gasteiger charge is -2.22. The Morgan fingerprint density at radius 2 is 2.11 bits per heavy atom. The Kier molecular flexibility index (Phi) is 3.41. The van der Waals surface area contributed by atoms with Crippen molar-refractivity contribution >= 4 is 22.6 Å². The number of benzene rings is 1. The maximum atomic E-state index is 12.2. The lowest BCUT2D eigenvalue weighted by atomic mass is 9.87. The van der Waals surface area contributed by atoms with Crippen LogP contribution < -0.4 is 5.32 Å². The maximum Gasteiger partial charge on any atom is 0.230 e. The first-order chi connectivity index (χ1) is 8.53. The van der Waals surface area contributed by atoms with Crippen molar-refractivity contribution < 1.29 is 9.21 Å². The van der Waals surface area contributed by atoms with Gasteiger partial charge in [0.2, 0.25) is 5.91 Å². The van der Waals surface area contributed by atoms with E-state index in [2.05, 4.69) is 12.2 Å². The average molecular weight is 245 g/mol. The molecule has 0 saturated carbocycles. The second-order valence-corrected chi connectivity index (χ2v) is 5.26. The van der Waals surface area contributed by atoms with Crippen molar-refractivity contribution in [3.05, 3.63) is 30.5 Å². The van der Waals surface area contributed by atoms with E-state index >= 15 is 0 Å². The van der Waals surface area contributed by atoms with Gasteiger partial charge in [-0.2, -0.15) is 0 Å². The molecule has 2 rings (SSSR count). The average Bonchev–Trinajstić information content (AvgIpc) is 2.76. The Labute approximate surface area is 107 Å². The molecule has 3 heteroatoms. The summed E-state index contributed by atoms with van der Waals surface area (Å²) in [5.74, 6) is 0.0622. The third kappa shape index (κ3) is 2.55. The molecule has 2 aromatic rings. The molecular formula is C15H19NO2. The van der Waals surface area contributed by atoms with E-state index in [1.165, 1.54) is 0 Å². The Morgan fingerprint density at radius 3 is 2.83 bits per heavy atom. The van der Waals surface area contributed by atoms with Gasteiger partial charge in [0.25, 0.3) is 0 Å². The number of nitrogens with one attached hydrogen (secondary N) is 1. The molecule has 1 N–H and O–H groups in total. The van der Waals surface area contributed by atoms with E-state index in [9.17, 15) is 4.79 Å². The number of rotatable bonds is 4. The van der Waals surface area contributed by atoms with Gasteiger partial charge in [0.1, 0.15) is 5.58 Å². The van der Waals surface area contributed by atoms with Gasteiger partial charge in [0.15, 0.2) is 0 Å². The molecule has 1 aromatic heterocycles. The minimum atomic E-state index is -0.333. The molecule has 1 amide bonds. The highest BCUT2D eigenvalue weighted by Gasteiger charge is 2.26. The molecule has 0 aliphatic rings. The van der Waals surface area contributed by atoms with Crippen LogP contribution in [0, 0.1) is 5.41 Å². The first-order valence-electron chi connectivity index (χ1n) is 6.31. The molecule has 0 radical (unpaired) electrons. The van der Waals surface area contributed by atoms with Crippen LogP contribution in [0.5, 0.6) is 0 Å². The summed E-state index contributed by atoms with van der Waals surface area (Å²) in [6.07, 6.45) is 3.53. The summed E-state index contributed by atoms with van der Waals surface area (Å²) in [7, 11) is 0. The van der Waals surface area contributed by atoms with Gasteiger partial charge in [-0.3, -0.25) is 4.79 Å². The van der Waals surface area contributed by atoms with E-state index in [0.717, 1.165) is 29.5 Å². The van der Waals surface area contributed by atoms with Gasteiger partial charge < -0.3 is 9.73 Å². The van der Waals surface area contributed by atoms with Gasteiger partial charge in [-0.25, -0.2) is 0 Å². The molecule has 18 heavy (non-hydrogen) atoms. The van der Waals surface area contributed by atoms with Crippen LogP contribution in [0.3, 0.4) is 0 Å². The van der Waals surface area contributed by atoms with Crippen molar-refractivity contribution in [2.24, 2.45) is 5.41 Å². The Hall–Kier alpha value is -1.77. The number of hydrogen-bond donors (Lipinski definition) is 1. The predicted molar refractivity (Wildman–Crippen MR) is 73.5 cm³/mol. The van der Waals surface area contributed by atoms with Crippen LogP contribution in [0.4, 0.5) is 5.69 Å². The van der Waals surface area contributed by atoms with Crippen LogP contribution in [-0.4, -0.2) is 5.91 Å². The van der Waals surface area contributed by atoms with Crippen LogP contribution in [0.15, 0.2) is 34.9 Å². The Balaban J connectivity index is 2.15. The molecule has 0 saturated heterocycles. The van der Waals surface area contributed by atoms with Crippen molar-refractivity contribution in [3.8, 4) is 0 Å². The fourth-order valence-corrected chi connectivity index (χ4v) is 2.08. The van der Waals surface area contributed by atoms with Crippen molar-refractivity contribution in [1.29, 1.82) is 0 Å². The Morgan fingerprint density at radius 1 is 1.33 bits per heavy atom. The van der Waals surface area contributed by atoms with Gasteiger partial charge >= 0.3 is 0 Å². The normalized spacial score (nSPS) is 11.7. The molecule has 0 aliphatic carbocycles. The van der Waals surface area contributed by atoms with Crippen molar-refractivity contribution in [1.82, 2.24) is 0 Å². The second-order valence-electron chi connectivity index (χ2n) is 5.26. The number of fused-ring (bicyclic) bond motifs is 1. The van der Waals surface area contributed by atoms with E-state index in [1.807, 2.05) is 38.1 Å².